The van der Waals surface area contributed by atoms with E-state index < -0.39 is 47.7 Å². The van der Waals surface area contributed by atoms with Gasteiger partial charge in [-0.3, -0.25) is 9.59 Å². The normalized spacial score (nSPS) is 14.5. The number of aromatic hydroxyl groups is 1. The van der Waals surface area contributed by atoms with Crippen LogP contribution in [0.4, 0.5) is 4.79 Å². The Bertz CT molecular complexity index is 844. The maximum Gasteiger partial charge on any atom is 0.408 e. The van der Waals surface area contributed by atoms with E-state index in [9.17, 15) is 24.6 Å². The minimum atomic E-state index is -1.23. The van der Waals surface area contributed by atoms with Crippen LogP contribution in [-0.4, -0.2) is 63.4 Å². The first-order valence-electron chi connectivity index (χ1n) is 11.6. The van der Waals surface area contributed by atoms with E-state index in [1.807, 2.05) is 6.92 Å². The molecule has 0 heterocycles. The van der Waals surface area contributed by atoms with Crippen molar-refractivity contribution in [3.8, 4) is 5.75 Å². The van der Waals surface area contributed by atoms with Crippen molar-refractivity contribution in [1.29, 1.82) is 0 Å². The van der Waals surface area contributed by atoms with E-state index in [0.717, 1.165) is 0 Å². The Hall–Kier alpha value is -2.81. The number of aliphatic hydroxyl groups excluding tert-OH is 1. The smallest absolute Gasteiger partial charge is 0.408 e. The number of amides is 3. The molecule has 0 saturated heterocycles. The maximum absolute atomic E-state index is 13.8. The molecule has 3 unspecified atom stereocenters. The highest BCUT2D eigenvalue weighted by Gasteiger charge is 2.39. The molecule has 4 N–H and O–H groups in total. The lowest BCUT2D eigenvalue weighted by Gasteiger charge is -2.37. The predicted molar refractivity (Wildman–Crippen MR) is 130 cm³/mol. The van der Waals surface area contributed by atoms with Crippen molar-refractivity contribution in [3.63, 3.8) is 0 Å². The third-order valence-corrected chi connectivity index (χ3v) is 5.06. The van der Waals surface area contributed by atoms with E-state index >= 15 is 0 Å². The average molecular weight is 480 g/mol. The first-order valence-corrected chi connectivity index (χ1v) is 11.6. The molecule has 9 heteroatoms. The predicted octanol–water partition coefficient (Wildman–Crippen LogP) is 3.11. The Balaban J connectivity index is 3.50. The summed E-state index contributed by atoms with van der Waals surface area (Å²) in [6.07, 6.45) is -0.192. The molecule has 1 rings (SSSR count). The summed E-state index contributed by atoms with van der Waals surface area (Å²) in [5.74, 6) is -1.54. The lowest BCUT2D eigenvalue weighted by Crippen LogP contribution is -2.56. The number of hydrogen-bond acceptors (Lipinski definition) is 6. The molecule has 1 aromatic rings. The minimum Gasteiger partial charge on any atom is -0.508 e. The second-order valence-corrected chi connectivity index (χ2v) is 10.5. The van der Waals surface area contributed by atoms with Crippen LogP contribution in [0, 0.1) is 5.92 Å². The number of nitrogens with one attached hydrogen (secondary N) is 2. The van der Waals surface area contributed by atoms with Crippen molar-refractivity contribution in [2.24, 2.45) is 5.92 Å². The van der Waals surface area contributed by atoms with Crippen LogP contribution >= 0.6 is 0 Å². The Morgan fingerprint density at radius 2 is 1.68 bits per heavy atom. The summed E-state index contributed by atoms with van der Waals surface area (Å²) >= 11 is 0. The van der Waals surface area contributed by atoms with Crippen LogP contribution < -0.4 is 10.6 Å². The molecule has 0 aliphatic heterocycles. The monoisotopic (exact) mass is 479 g/mol. The molecular formula is C25H41N3O6. The highest BCUT2D eigenvalue weighted by Crippen LogP contribution is 2.30. The van der Waals surface area contributed by atoms with Gasteiger partial charge in [-0.1, -0.05) is 38.5 Å². The van der Waals surface area contributed by atoms with Gasteiger partial charge in [0, 0.05) is 17.6 Å². The largest absolute Gasteiger partial charge is 0.508 e. The Morgan fingerprint density at radius 1 is 1.09 bits per heavy atom. The number of hydrogen-bond donors (Lipinski definition) is 4. The SMILES string of the molecule is CCC(C)C(NC(=O)OC(C)(C)C)C(=O)N(CCO)C(C(=O)NC(C)(C)C)c1ccccc1O. The Kier molecular flexibility index (Phi) is 10.4. The summed E-state index contributed by atoms with van der Waals surface area (Å²) in [6, 6.07) is 4.01. The van der Waals surface area contributed by atoms with Gasteiger partial charge in [0.2, 0.25) is 11.8 Å². The van der Waals surface area contributed by atoms with Crippen LogP contribution in [0.2, 0.25) is 0 Å². The second-order valence-electron chi connectivity index (χ2n) is 10.5. The van der Waals surface area contributed by atoms with Gasteiger partial charge in [-0.2, -0.15) is 0 Å². The van der Waals surface area contributed by atoms with E-state index in [1.54, 1.807) is 66.7 Å². The molecule has 9 nitrogen and oxygen atoms in total. The topological polar surface area (TPSA) is 128 Å². The van der Waals surface area contributed by atoms with E-state index in [1.165, 1.54) is 11.0 Å². The summed E-state index contributed by atoms with van der Waals surface area (Å²) in [4.78, 5) is 40.9. The van der Waals surface area contributed by atoms with Gasteiger partial charge in [0.25, 0.3) is 0 Å². The molecule has 0 aliphatic rings. The third-order valence-electron chi connectivity index (χ3n) is 5.06. The Morgan fingerprint density at radius 3 is 2.15 bits per heavy atom. The van der Waals surface area contributed by atoms with Gasteiger partial charge in [0.15, 0.2) is 0 Å². The van der Waals surface area contributed by atoms with Crippen molar-refractivity contribution in [2.45, 2.75) is 85.0 Å². The number of rotatable bonds is 9. The van der Waals surface area contributed by atoms with Gasteiger partial charge in [0.05, 0.1) is 6.61 Å². The molecule has 3 atom stereocenters. The average Bonchev–Trinajstić information content (AvgIpc) is 2.69. The zero-order valence-corrected chi connectivity index (χ0v) is 21.6. The molecule has 0 aromatic heterocycles. The zero-order chi connectivity index (χ0) is 26.3. The minimum absolute atomic E-state index is 0.160. The van der Waals surface area contributed by atoms with Gasteiger partial charge >= 0.3 is 6.09 Å². The molecular weight excluding hydrogens is 438 g/mol. The van der Waals surface area contributed by atoms with Crippen molar-refractivity contribution in [2.75, 3.05) is 13.2 Å². The molecule has 34 heavy (non-hydrogen) atoms. The molecule has 0 saturated carbocycles. The van der Waals surface area contributed by atoms with Gasteiger partial charge < -0.3 is 30.5 Å². The first kappa shape index (κ1) is 29.2. The van der Waals surface area contributed by atoms with Crippen LogP contribution in [0.5, 0.6) is 5.75 Å². The number of ether oxygens (including phenoxy) is 1. The lowest BCUT2D eigenvalue weighted by atomic mass is 9.95. The third kappa shape index (κ3) is 8.85. The first-order chi connectivity index (χ1) is 15.6. The summed E-state index contributed by atoms with van der Waals surface area (Å²) in [7, 11) is 0. The van der Waals surface area contributed by atoms with E-state index in [4.69, 9.17) is 4.74 Å². The summed E-state index contributed by atoms with van der Waals surface area (Å²) in [6.45, 7) is 13.6. The fourth-order valence-corrected chi connectivity index (χ4v) is 3.38. The van der Waals surface area contributed by atoms with E-state index in [0.29, 0.717) is 6.42 Å². The second kappa shape index (κ2) is 12.1. The van der Waals surface area contributed by atoms with Crippen molar-refractivity contribution in [3.05, 3.63) is 29.8 Å². The number of alkyl carbamates (subject to hydrolysis) is 1. The van der Waals surface area contributed by atoms with Gasteiger partial charge in [-0.15, -0.1) is 0 Å². The van der Waals surface area contributed by atoms with Crippen LogP contribution in [0.15, 0.2) is 24.3 Å². The molecule has 0 radical (unpaired) electrons. The van der Waals surface area contributed by atoms with E-state index in [-0.39, 0.29) is 23.8 Å². The number of nitrogens with zero attached hydrogens (tertiary/aromatic N) is 1. The fraction of sp³-hybridized carbons (Fsp3) is 0.640. The highest BCUT2D eigenvalue weighted by molar-refractivity contribution is 5.93. The van der Waals surface area contributed by atoms with Crippen LogP contribution in [-0.2, 0) is 14.3 Å². The molecule has 192 valence electrons. The zero-order valence-electron chi connectivity index (χ0n) is 21.6. The number of para-hydroxylation sites is 1. The summed E-state index contributed by atoms with van der Waals surface area (Å²) in [5, 5.41) is 25.8. The molecule has 0 aliphatic carbocycles. The summed E-state index contributed by atoms with van der Waals surface area (Å²) < 4.78 is 5.34. The van der Waals surface area contributed by atoms with Gasteiger partial charge in [-0.25, -0.2) is 4.79 Å². The van der Waals surface area contributed by atoms with E-state index in [2.05, 4.69) is 10.6 Å². The summed E-state index contributed by atoms with van der Waals surface area (Å²) in [5.41, 5.74) is -1.16. The molecule has 0 spiro atoms. The quantitative estimate of drug-likeness (QED) is 0.431. The molecule has 0 fully saturated rings. The maximum atomic E-state index is 13.8. The van der Waals surface area contributed by atoms with Gasteiger partial charge in [-0.05, 0) is 53.5 Å². The van der Waals surface area contributed by atoms with Gasteiger partial charge in [0.1, 0.15) is 23.4 Å². The lowest BCUT2D eigenvalue weighted by molar-refractivity contribution is -0.144. The molecule has 1 aromatic carbocycles. The van der Waals surface area contributed by atoms with Crippen molar-refractivity contribution in [1.82, 2.24) is 15.5 Å². The fourth-order valence-electron chi connectivity index (χ4n) is 3.38. The van der Waals surface area contributed by atoms with Crippen LogP contribution in [0.25, 0.3) is 0 Å². The van der Waals surface area contributed by atoms with Crippen LogP contribution in [0.3, 0.4) is 0 Å². The molecule has 3 amide bonds. The highest BCUT2D eigenvalue weighted by atomic mass is 16.6. The number of carbonyl (C=O) groups excluding carboxylic acids is 3. The molecule has 0 bridgehead atoms. The number of carbonyl (C=O) groups is 3. The van der Waals surface area contributed by atoms with Crippen molar-refractivity contribution >= 4 is 17.9 Å². The number of phenols is 1. The number of aliphatic hydroxyl groups is 1. The number of benzene rings is 1. The standard InChI is InChI=1S/C25H41N3O6/c1-9-16(2)19(26-23(33)34-25(6,7)8)22(32)28(14-15-29)20(21(31)27-24(3,4)5)17-12-10-11-13-18(17)30/h10-13,16,19-20,29-30H,9,14-15H2,1-8H3,(H,26,33)(H,27,31). The Labute approximate surface area is 202 Å². The van der Waals surface area contributed by atoms with Crippen LogP contribution in [0.1, 0.15) is 73.4 Å². The number of phenolic OH excluding ortho intramolecular Hbond substituents is 1. The van der Waals surface area contributed by atoms with Crippen molar-refractivity contribution < 1.29 is 29.3 Å².